The van der Waals surface area contributed by atoms with E-state index in [1.165, 1.54) is 0 Å². The van der Waals surface area contributed by atoms with Gasteiger partial charge in [-0.15, -0.1) is 12.4 Å². The third-order valence-electron chi connectivity index (χ3n) is 1.87. The number of ether oxygens (including phenoxy) is 1. The molecule has 4 heteroatoms. The Kier molecular flexibility index (Phi) is 6.11. The Balaban J connectivity index is 0.00000121. The first-order valence-electron chi connectivity index (χ1n) is 4.23. The zero-order chi connectivity index (χ0) is 8.10. The van der Waals surface area contributed by atoms with Gasteiger partial charge >= 0.3 is 5.97 Å². The summed E-state index contributed by atoms with van der Waals surface area (Å²) in [6, 6.07) is 0. The zero-order valence-corrected chi connectivity index (χ0v) is 8.15. The minimum absolute atomic E-state index is 0. The predicted molar refractivity (Wildman–Crippen MR) is 49.5 cm³/mol. The third-order valence-corrected chi connectivity index (χ3v) is 1.87. The van der Waals surface area contributed by atoms with Gasteiger partial charge in [-0.1, -0.05) is 6.92 Å². The molecule has 1 aliphatic heterocycles. The van der Waals surface area contributed by atoms with Gasteiger partial charge in [0.15, 0.2) is 0 Å². The lowest BCUT2D eigenvalue weighted by Crippen LogP contribution is -2.33. The standard InChI is InChI=1S/C8H15NO2.ClH/c1-2-8(10)11-7-3-5-9-6-4-7;/h7,9H,2-6H2,1H3;1H. The predicted octanol–water partition coefficient (Wildman–Crippen LogP) is 1.11. The largest absolute Gasteiger partial charge is 0.462 e. The van der Waals surface area contributed by atoms with Crippen molar-refractivity contribution in [2.45, 2.75) is 32.3 Å². The Morgan fingerprint density at radius 2 is 2.08 bits per heavy atom. The molecule has 3 nitrogen and oxygen atoms in total. The van der Waals surface area contributed by atoms with Crippen LogP contribution in [0.2, 0.25) is 0 Å². The lowest BCUT2D eigenvalue weighted by molar-refractivity contribution is -0.149. The Morgan fingerprint density at radius 1 is 1.50 bits per heavy atom. The highest BCUT2D eigenvalue weighted by molar-refractivity contribution is 5.85. The number of esters is 1. The van der Waals surface area contributed by atoms with E-state index in [4.69, 9.17) is 4.74 Å². The van der Waals surface area contributed by atoms with Crippen molar-refractivity contribution in [3.05, 3.63) is 0 Å². The lowest BCUT2D eigenvalue weighted by Gasteiger charge is -2.22. The normalized spacial score (nSPS) is 18.1. The van der Waals surface area contributed by atoms with Gasteiger partial charge in [0.25, 0.3) is 0 Å². The van der Waals surface area contributed by atoms with Crippen LogP contribution in [-0.2, 0) is 9.53 Å². The van der Waals surface area contributed by atoms with Gasteiger partial charge in [0, 0.05) is 6.42 Å². The van der Waals surface area contributed by atoms with Crippen molar-refractivity contribution < 1.29 is 9.53 Å². The van der Waals surface area contributed by atoms with E-state index in [1.54, 1.807) is 0 Å². The topological polar surface area (TPSA) is 38.3 Å². The summed E-state index contributed by atoms with van der Waals surface area (Å²) in [7, 11) is 0. The average Bonchev–Trinajstić information content (AvgIpc) is 2.06. The van der Waals surface area contributed by atoms with Crippen LogP contribution in [0.15, 0.2) is 0 Å². The van der Waals surface area contributed by atoms with Gasteiger partial charge in [-0.25, -0.2) is 0 Å². The molecular formula is C8H16ClNO2. The van der Waals surface area contributed by atoms with E-state index in [1.807, 2.05) is 6.92 Å². The molecule has 1 heterocycles. The summed E-state index contributed by atoms with van der Waals surface area (Å²) in [5.74, 6) is -0.0723. The summed E-state index contributed by atoms with van der Waals surface area (Å²) in [6.07, 6.45) is 2.59. The van der Waals surface area contributed by atoms with Crippen molar-refractivity contribution in [3.63, 3.8) is 0 Å². The lowest BCUT2D eigenvalue weighted by atomic mass is 10.1. The number of halogens is 1. The molecule has 1 saturated heterocycles. The first kappa shape index (κ1) is 11.7. The second-order valence-corrected chi connectivity index (χ2v) is 2.79. The van der Waals surface area contributed by atoms with E-state index >= 15 is 0 Å². The third kappa shape index (κ3) is 3.93. The van der Waals surface area contributed by atoms with Crippen molar-refractivity contribution in [1.82, 2.24) is 5.32 Å². The Hall–Kier alpha value is -0.280. The molecule has 1 aliphatic rings. The van der Waals surface area contributed by atoms with E-state index in [-0.39, 0.29) is 24.5 Å². The van der Waals surface area contributed by atoms with Crippen LogP contribution < -0.4 is 5.32 Å². The van der Waals surface area contributed by atoms with Crippen molar-refractivity contribution in [2.75, 3.05) is 13.1 Å². The van der Waals surface area contributed by atoms with Crippen LogP contribution in [0.4, 0.5) is 0 Å². The van der Waals surface area contributed by atoms with Gasteiger partial charge in [0.1, 0.15) is 6.10 Å². The molecule has 12 heavy (non-hydrogen) atoms. The Labute approximate surface area is 79.3 Å². The van der Waals surface area contributed by atoms with Crippen molar-refractivity contribution in [1.29, 1.82) is 0 Å². The number of carbonyl (C=O) groups excluding carboxylic acids is 1. The van der Waals surface area contributed by atoms with Gasteiger partial charge in [-0.3, -0.25) is 4.79 Å². The molecule has 0 bridgehead atoms. The molecule has 0 radical (unpaired) electrons. The molecule has 0 aromatic heterocycles. The van der Waals surface area contributed by atoms with Crippen LogP contribution in [0.25, 0.3) is 0 Å². The smallest absolute Gasteiger partial charge is 0.305 e. The average molecular weight is 194 g/mol. The first-order valence-corrected chi connectivity index (χ1v) is 4.23. The van der Waals surface area contributed by atoms with E-state index in [0.29, 0.717) is 6.42 Å². The number of carbonyl (C=O) groups is 1. The molecule has 1 N–H and O–H groups in total. The molecule has 1 rings (SSSR count). The number of nitrogens with one attached hydrogen (secondary N) is 1. The Bertz CT molecular complexity index is 135. The van der Waals surface area contributed by atoms with E-state index < -0.39 is 0 Å². The molecule has 0 saturated carbocycles. The summed E-state index contributed by atoms with van der Waals surface area (Å²) in [5.41, 5.74) is 0. The fraction of sp³-hybridized carbons (Fsp3) is 0.875. The molecule has 0 atom stereocenters. The monoisotopic (exact) mass is 193 g/mol. The van der Waals surface area contributed by atoms with Crippen molar-refractivity contribution in [2.24, 2.45) is 0 Å². The molecule has 0 aliphatic carbocycles. The highest BCUT2D eigenvalue weighted by Crippen LogP contribution is 2.07. The van der Waals surface area contributed by atoms with Crippen LogP contribution in [0, 0.1) is 0 Å². The van der Waals surface area contributed by atoms with Gasteiger partial charge in [0.05, 0.1) is 0 Å². The van der Waals surface area contributed by atoms with Crippen molar-refractivity contribution in [3.8, 4) is 0 Å². The van der Waals surface area contributed by atoms with E-state index in [2.05, 4.69) is 5.32 Å². The minimum Gasteiger partial charge on any atom is -0.462 e. The molecule has 0 spiro atoms. The number of hydrogen-bond acceptors (Lipinski definition) is 3. The fourth-order valence-corrected chi connectivity index (χ4v) is 1.18. The number of hydrogen-bond donors (Lipinski definition) is 1. The fourth-order valence-electron chi connectivity index (χ4n) is 1.18. The summed E-state index contributed by atoms with van der Waals surface area (Å²) in [5, 5.41) is 3.21. The zero-order valence-electron chi connectivity index (χ0n) is 7.34. The van der Waals surface area contributed by atoms with Crippen LogP contribution in [0.1, 0.15) is 26.2 Å². The highest BCUT2D eigenvalue weighted by Gasteiger charge is 2.15. The van der Waals surface area contributed by atoms with E-state index in [9.17, 15) is 4.79 Å². The van der Waals surface area contributed by atoms with Crippen LogP contribution in [0.3, 0.4) is 0 Å². The van der Waals surface area contributed by atoms with Gasteiger partial charge in [0.2, 0.25) is 0 Å². The first-order chi connectivity index (χ1) is 5.33. The quantitative estimate of drug-likeness (QED) is 0.668. The molecule has 0 amide bonds. The maximum atomic E-state index is 10.8. The molecular weight excluding hydrogens is 178 g/mol. The second kappa shape index (κ2) is 6.26. The molecule has 0 aromatic rings. The van der Waals surface area contributed by atoms with Crippen LogP contribution in [0.5, 0.6) is 0 Å². The van der Waals surface area contributed by atoms with Crippen molar-refractivity contribution >= 4 is 18.4 Å². The molecule has 0 aromatic carbocycles. The number of piperidine rings is 1. The SMILES string of the molecule is CCC(=O)OC1CCNCC1.Cl. The highest BCUT2D eigenvalue weighted by atomic mass is 35.5. The Morgan fingerprint density at radius 3 is 2.58 bits per heavy atom. The summed E-state index contributed by atoms with van der Waals surface area (Å²) in [4.78, 5) is 10.8. The molecule has 72 valence electrons. The minimum atomic E-state index is -0.0723. The number of rotatable bonds is 2. The summed E-state index contributed by atoms with van der Waals surface area (Å²) in [6.45, 7) is 3.77. The van der Waals surface area contributed by atoms with Gasteiger partial charge < -0.3 is 10.1 Å². The molecule has 1 fully saturated rings. The second-order valence-electron chi connectivity index (χ2n) is 2.79. The molecule has 0 unspecified atom stereocenters. The van der Waals surface area contributed by atoms with Crippen LogP contribution >= 0.6 is 12.4 Å². The van der Waals surface area contributed by atoms with Gasteiger partial charge in [-0.2, -0.15) is 0 Å². The van der Waals surface area contributed by atoms with Crippen LogP contribution in [-0.4, -0.2) is 25.2 Å². The van der Waals surface area contributed by atoms with Gasteiger partial charge in [-0.05, 0) is 25.9 Å². The van der Waals surface area contributed by atoms with E-state index in [0.717, 1.165) is 25.9 Å². The summed E-state index contributed by atoms with van der Waals surface area (Å²) < 4.78 is 5.16. The maximum Gasteiger partial charge on any atom is 0.305 e. The summed E-state index contributed by atoms with van der Waals surface area (Å²) >= 11 is 0. The maximum absolute atomic E-state index is 10.8.